The molecule has 0 aliphatic rings. The maximum absolute atomic E-state index is 10.8. The molecule has 0 heterocycles. The smallest absolute Gasteiger partial charge is 0.244 e. The quantitative estimate of drug-likeness (QED) is 0.290. The molecule has 0 spiro atoms. The second-order valence-electron chi connectivity index (χ2n) is 2.66. The monoisotopic (exact) mass is 212 g/mol. The van der Waals surface area contributed by atoms with Crippen LogP contribution in [0.1, 0.15) is 5.56 Å². The van der Waals surface area contributed by atoms with E-state index in [2.05, 4.69) is 5.43 Å². The van der Waals surface area contributed by atoms with Crippen LogP contribution in [0.5, 0.6) is 0 Å². The van der Waals surface area contributed by atoms with E-state index in [1.165, 1.54) is 11.8 Å². The van der Waals surface area contributed by atoms with Crippen molar-refractivity contribution in [2.75, 3.05) is 5.75 Å². The molecule has 4 N–H and O–H groups in total. The first-order valence-electron chi connectivity index (χ1n) is 4.08. The Morgan fingerprint density at radius 3 is 2.57 bits per heavy atom. The van der Waals surface area contributed by atoms with Crippen molar-refractivity contribution < 1.29 is 9.90 Å². The number of aliphatic hydroxyl groups excluding tert-OH is 1. The maximum Gasteiger partial charge on any atom is 0.244 e. The Bertz CT molecular complexity index is 300. The standard InChI is InChI=1S/C9H12N2O2S/c10-11-9(13)6-14-8-3-1-7(5-12)2-4-8/h1-4,12H,5-6,10H2,(H,11,13). The fourth-order valence-corrected chi connectivity index (χ4v) is 1.59. The molecule has 1 amide bonds. The van der Waals surface area contributed by atoms with Crippen LogP contribution in [0.3, 0.4) is 0 Å². The number of hydrazine groups is 1. The van der Waals surface area contributed by atoms with E-state index < -0.39 is 0 Å². The lowest BCUT2D eigenvalue weighted by Crippen LogP contribution is -2.31. The highest BCUT2D eigenvalue weighted by Gasteiger charge is 2.00. The molecule has 0 aromatic heterocycles. The molecule has 1 aromatic rings. The normalized spacial score (nSPS) is 9.86. The summed E-state index contributed by atoms with van der Waals surface area (Å²) in [6.07, 6.45) is 0. The third-order valence-electron chi connectivity index (χ3n) is 1.64. The highest BCUT2D eigenvalue weighted by molar-refractivity contribution is 8.00. The minimum atomic E-state index is -0.207. The summed E-state index contributed by atoms with van der Waals surface area (Å²) in [5, 5.41) is 8.80. The Hall–Kier alpha value is -1.04. The van der Waals surface area contributed by atoms with Crippen molar-refractivity contribution in [2.24, 2.45) is 5.84 Å². The van der Waals surface area contributed by atoms with Crippen LogP contribution in [0.4, 0.5) is 0 Å². The summed E-state index contributed by atoms with van der Waals surface area (Å²) in [6.45, 7) is 0.0359. The molecule has 0 unspecified atom stereocenters. The fraction of sp³-hybridized carbons (Fsp3) is 0.222. The third-order valence-corrected chi connectivity index (χ3v) is 2.65. The minimum absolute atomic E-state index is 0.0359. The molecule has 0 saturated carbocycles. The van der Waals surface area contributed by atoms with E-state index in [9.17, 15) is 4.79 Å². The molecule has 0 atom stereocenters. The first-order valence-corrected chi connectivity index (χ1v) is 5.07. The average molecular weight is 212 g/mol. The zero-order valence-electron chi connectivity index (χ0n) is 7.56. The van der Waals surface area contributed by atoms with E-state index in [4.69, 9.17) is 10.9 Å². The summed E-state index contributed by atoms with van der Waals surface area (Å²) in [4.78, 5) is 11.8. The molecule has 0 aliphatic carbocycles. The number of amides is 1. The number of thioether (sulfide) groups is 1. The molecule has 76 valence electrons. The summed E-state index contributed by atoms with van der Waals surface area (Å²) in [7, 11) is 0. The molecule has 5 heteroatoms. The van der Waals surface area contributed by atoms with Crippen molar-refractivity contribution in [1.82, 2.24) is 5.43 Å². The maximum atomic E-state index is 10.8. The predicted molar refractivity (Wildman–Crippen MR) is 55.4 cm³/mol. The molecule has 0 radical (unpaired) electrons. The molecule has 0 aliphatic heterocycles. The van der Waals surface area contributed by atoms with E-state index in [0.717, 1.165) is 10.5 Å². The van der Waals surface area contributed by atoms with Crippen LogP contribution in [-0.2, 0) is 11.4 Å². The fourth-order valence-electron chi connectivity index (χ4n) is 0.882. The van der Waals surface area contributed by atoms with Crippen LogP contribution >= 0.6 is 11.8 Å². The minimum Gasteiger partial charge on any atom is -0.392 e. The van der Waals surface area contributed by atoms with Gasteiger partial charge in [0.2, 0.25) is 5.91 Å². The van der Waals surface area contributed by atoms with Gasteiger partial charge in [-0.3, -0.25) is 10.2 Å². The Kier molecular flexibility index (Phi) is 4.45. The lowest BCUT2D eigenvalue weighted by Gasteiger charge is -2.01. The van der Waals surface area contributed by atoms with Crippen molar-refractivity contribution >= 4 is 17.7 Å². The first kappa shape index (κ1) is 11.0. The summed E-state index contributed by atoms with van der Waals surface area (Å²) < 4.78 is 0. The lowest BCUT2D eigenvalue weighted by molar-refractivity contribution is -0.118. The van der Waals surface area contributed by atoms with Crippen molar-refractivity contribution in [3.63, 3.8) is 0 Å². The van der Waals surface area contributed by atoms with E-state index in [-0.39, 0.29) is 12.5 Å². The van der Waals surface area contributed by atoms with Gasteiger partial charge in [-0.15, -0.1) is 11.8 Å². The number of benzene rings is 1. The number of hydrogen-bond acceptors (Lipinski definition) is 4. The number of hydrogen-bond donors (Lipinski definition) is 3. The van der Waals surface area contributed by atoms with Gasteiger partial charge in [0.05, 0.1) is 12.4 Å². The molecular formula is C9H12N2O2S. The molecule has 0 fully saturated rings. The Balaban J connectivity index is 2.47. The van der Waals surface area contributed by atoms with Gasteiger partial charge >= 0.3 is 0 Å². The Labute approximate surface area is 86.5 Å². The van der Waals surface area contributed by atoms with Gasteiger partial charge in [0.1, 0.15) is 0 Å². The van der Waals surface area contributed by atoms with Crippen LogP contribution in [0.25, 0.3) is 0 Å². The van der Waals surface area contributed by atoms with Gasteiger partial charge in [-0.2, -0.15) is 0 Å². The molecule has 0 saturated heterocycles. The van der Waals surface area contributed by atoms with E-state index >= 15 is 0 Å². The van der Waals surface area contributed by atoms with Gasteiger partial charge in [-0.05, 0) is 17.7 Å². The highest BCUT2D eigenvalue weighted by Crippen LogP contribution is 2.17. The van der Waals surface area contributed by atoms with Gasteiger partial charge in [0, 0.05) is 4.90 Å². The van der Waals surface area contributed by atoms with Crippen molar-refractivity contribution in [2.45, 2.75) is 11.5 Å². The van der Waals surface area contributed by atoms with E-state index in [1.807, 2.05) is 24.3 Å². The molecule has 1 aromatic carbocycles. The number of nitrogens with two attached hydrogens (primary N) is 1. The second-order valence-corrected chi connectivity index (χ2v) is 3.71. The molecule has 0 bridgehead atoms. The van der Waals surface area contributed by atoms with Gasteiger partial charge in [0.15, 0.2) is 0 Å². The Morgan fingerprint density at radius 2 is 2.07 bits per heavy atom. The topological polar surface area (TPSA) is 75.3 Å². The number of rotatable bonds is 4. The lowest BCUT2D eigenvalue weighted by atomic mass is 10.2. The van der Waals surface area contributed by atoms with E-state index in [1.54, 1.807) is 0 Å². The number of nitrogens with one attached hydrogen (secondary N) is 1. The molecule has 4 nitrogen and oxygen atoms in total. The number of aliphatic hydroxyl groups is 1. The van der Waals surface area contributed by atoms with Crippen LogP contribution in [0, 0.1) is 0 Å². The summed E-state index contributed by atoms with van der Waals surface area (Å²) in [6, 6.07) is 7.37. The first-order chi connectivity index (χ1) is 6.76. The van der Waals surface area contributed by atoms with Gasteiger partial charge in [-0.25, -0.2) is 5.84 Å². The average Bonchev–Trinajstić information content (AvgIpc) is 2.26. The van der Waals surface area contributed by atoms with Crippen LogP contribution in [-0.4, -0.2) is 16.8 Å². The largest absolute Gasteiger partial charge is 0.392 e. The summed E-state index contributed by atoms with van der Waals surface area (Å²) >= 11 is 1.40. The summed E-state index contributed by atoms with van der Waals surface area (Å²) in [5.74, 6) is 5.03. The van der Waals surface area contributed by atoms with Gasteiger partial charge in [-0.1, -0.05) is 12.1 Å². The molecular weight excluding hydrogens is 200 g/mol. The van der Waals surface area contributed by atoms with Gasteiger partial charge < -0.3 is 5.11 Å². The predicted octanol–water partition coefficient (Wildman–Crippen LogP) is 0.261. The van der Waals surface area contributed by atoms with Crippen molar-refractivity contribution in [3.05, 3.63) is 29.8 Å². The van der Waals surface area contributed by atoms with Crippen molar-refractivity contribution in [3.8, 4) is 0 Å². The van der Waals surface area contributed by atoms with Gasteiger partial charge in [0.25, 0.3) is 0 Å². The third kappa shape index (κ3) is 3.37. The van der Waals surface area contributed by atoms with Crippen LogP contribution in [0.15, 0.2) is 29.2 Å². The van der Waals surface area contributed by atoms with Crippen LogP contribution < -0.4 is 11.3 Å². The Morgan fingerprint density at radius 1 is 1.43 bits per heavy atom. The van der Waals surface area contributed by atoms with E-state index in [0.29, 0.717) is 5.75 Å². The van der Waals surface area contributed by atoms with Crippen LogP contribution in [0.2, 0.25) is 0 Å². The molecule has 14 heavy (non-hydrogen) atoms. The highest BCUT2D eigenvalue weighted by atomic mass is 32.2. The zero-order valence-corrected chi connectivity index (χ0v) is 8.38. The number of carbonyl (C=O) groups excluding carboxylic acids is 1. The van der Waals surface area contributed by atoms with Crippen molar-refractivity contribution in [1.29, 1.82) is 0 Å². The SMILES string of the molecule is NNC(=O)CSc1ccc(CO)cc1. The second kappa shape index (κ2) is 5.64. The summed E-state index contributed by atoms with van der Waals surface area (Å²) in [5.41, 5.74) is 2.92. The number of carbonyl (C=O) groups is 1. The zero-order chi connectivity index (χ0) is 10.4. The molecule has 1 rings (SSSR count).